The van der Waals surface area contributed by atoms with Crippen molar-refractivity contribution in [1.29, 1.82) is 0 Å². The summed E-state index contributed by atoms with van der Waals surface area (Å²) >= 11 is 0. The number of likely N-dealkylation sites (N-methyl/N-ethyl adjacent to an activating group) is 1. The first-order valence-corrected chi connectivity index (χ1v) is 6.09. The molecule has 0 amide bonds. The van der Waals surface area contributed by atoms with Gasteiger partial charge in [0.05, 0.1) is 18.7 Å². The molecule has 0 saturated carbocycles. The molecule has 0 aliphatic carbocycles. The van der Waals surface area contributed by atoms with Gasteiger partial charge in [-0.1, -0.05) is 12.0 Å². The van der Waals surface area contributed by atoms with Crippen molar-refractivity contribution in [2.45, 2.75) is 32.4 Å². The lowest BCUT2D eigenvalue weighted by atomic mass is 10.2. The number of aromatic nitrogens is 2. The summed E-state index contributed by atoms with van der Waals surface area (Å²) in [5.74, 6) is 0.632. The van der Waals surface area contributed by atoms with Crippen molar-refractivity contribution in [2.75, 3.05) is 31.7 Å². The molecule has 1 fully saturated rings. The van der Waals surface area contributed by atoms with E-state index >= 15 is 0 Å². The Morgan fingerprint density at radius 3 is 3.00 bits per heavy atom. The Balaban J connectivity index is 2.01. The predicted molar refractivity (Wildman–Crippen MR) is 64.0 cm³/mol. The molecule has 96 valence electrons. The van der Waals surface area contributed by atoms with Crippen molar-refractivity contribution in [3.8, 4) is 0 Å². The van der Waals surface area contributed by atoms with E-state index in [4.69, 9.17) is 9.15 Å². The molecule has 1 aromatic rings. The molecule has 2 atom stereocenters. The van der Waals surface area contributed by atoms with Gasteiger partial charge in [0.15, 0.2) is 0 Å². The van der Waals surface area contributed by atoms with E-state index in [1.54, 1.807) is 0 Å². The fraction of sp³-hybridized carbons (Fsp3) is 0.818. The topological polar surface area (TPSA) is 63.4 Å². The molecule has 1 aliphatic heterocycles. The summed E-state index contributed by atoms with van der Waals surface area (Å²) in [6.45, 7) is 6.49. The fourth-order valence-corrected chi connectivity index (χ4v) is 1.92. The van der Waals surface area contributed by atoms with Crippen LogP contribution in [0.3, 0.4) is 0 Å². The van der Waals surface area contributed by atoms with Crippen molar-refractivity contribution in [2.24, 2.45) is 0 Å². The second kappa shape index (κ2) is 5.46. The van der Waals surface area contributed by atoms with Crippen LogP contribution in [0.4, 0.5) is 6.01 Å². The van der Waals surface area contributed by atoms with E-state index in [-0.39, 0.29) is 6.04 Å². The molecule has 1 saturated heterocycles. The molecule has 6 nitrogen and oxygen atoms in total. The van der Waals surface area contributed by atoms with Crippen LogP contribution in [0.1, 0.15) is 32.2 Å². The SMILES string of the molecule is CCNC(C)c1nnc(N(C)C2CCOC2)o1. The summed E-state index contributed by atoms with van der Waals surface area (Å²) in [4.78, 5) is 2.00. The number of hydrogen-bond acceptors (Lipinski definition) is 6. The molecule has 1 N–H and O–H groups in total. The van der Waals surface area contributed by atoms with Crippen LogP contribution in [-0.2, 0) is 4.74 Å². The minimum absolute atomic E-state index is 0.0921. The smallest absolute Gasteiger partial charge is 0.318 e. The van der Waals surface area contributed by atoms with Gasteiger partial charge >= 0.3 is 6.01 Å². The number of hydrogen-bond donors (Lipinski definition) is 1. The summed E-state index contributed by atoms with van der Waals surface area (Å²) in [5.41, 5.74) is 0. The van der Waals surface area contributed by atoms with Crippen LogP contribution < -0.4 is 10.2 Å². The van der Waals surface area contributed by atoms with Crippen LogP contribution in [0, 0.1) is 0 Å². The van der Waals surface area contributed by atoms with Gasteiger partial charge in [0.25, 0.3) is 0 Å². The molecule has 2 heterocycles. The van der Waals surface area contributed by atoms with E-state index < -0.39 is 0 Å². The zero-order valence-electron chi connectivity index (χ0n) is 10.6. The molecule has 0 bridgehead atoms. The lowest BCUT2D eigenvalue weighted by Crippen LogP contribution is -2.32. The van der Waals surface area contributed by atoms with Gasteiger partial charge in [-0.25, -0.2) is 0 Å². The number of nitrogens with zero attached hydrogens (tertiary/aromatic N) is 3. The van der Waals surface area contributed by atoms with E-state index in [9.17, 15) is 0 Å². The van der Waals surface area contributed by atoms with Gasteiger partial charge in [-0.05, 0) is 19.9 Å². The van der Waals surface area contributed by atoms with E-state index in [0.29, 0.717) is 17.9 Å². The van der Waals surface area contributed by atoms with E-state index in [1.807, 2.05) is 18.9 Å². The Kier molecular flexibility index (Phi) is 3.96. The maximum Gasteiger partial charge on any atom is 0.318 e. The van der Waals surface area contributed by atoms with Crippen LogP contribution in [-0.4, -0.2) is 43.0 Å². The third-order valence-electron chi connectivity index (χ3n) is 3.07. The van der Waals surface area contributed by atoms with Gasteiger partial charge in [0.2, 0.25) is 5.89 Å². The van der Waals surface area contributed by atoms with Crippen LogP contribution in [0.2, 0.25) is 0 Å². The van der Waals surface area contributed by atoms with Gasteiger partial charge in [-0.3, -0.25) is 0 Å². The second-order valence-electron chi connectivity index (χ2n) is 4.33. The summed E-state index contributed by atoms with van der Waals surface area (Å²) in [6, 6.07) is 1.01. The van der Waals surface area contributed by atoms with E-state index in [1.165, 1.54) is 0 Å². The van der Waals surface area contributed by atoms with Crippen LogP contribution in [0.5, 0.6) is 0 Å². The molecule has 6 heteroatoms. The molecular formula is C11H20N4O2. The highest BCUT2D eigenvalue weighted by molar-refractivity contribution is 5.25. The molecule has 17 heavy (non-hydrogen) atoms. The lowest BCUT2D eigenvalue weighted by molar-refractivity contribution is 0.193. The van der Waals surface area contributed by atoms with E-state index in [0.717, 1.165) is 26.2 Å². The molecule has 1 aliphatic rings. The van der Waals surface area contributed by atoms with Crippen LogP contribution in [0.25, 0.3) is 0 Å². The summed E-state index contributed by atoms with van der Waals surface area (Å²) in [5, 5.41) is 11.4. The third-order valence-corrected chi connectivity index (χ3v) is 3.07. The van der Waals surface area contributed by atoms with Crippen molar-refractivity contribution < 1.29 is 9.15 Å². The van der Waals surface area contributed by atoms with Gasteiger partial charge in [-0.15, -0.1) is 5.10 Å². The first kappa shape index (κ1) is 12.3. The predicted octanol–water partition coefficient (Wildman–Crippen LogP) is 0.965. The first-order chi connectivity index (χ1) is 8.22. The van der Waals surface area contributed by atoms with Crippen LogP contribution >= 0.6 is 0 Å². The van der Waals surface area contributed by atoms with Gasteiger partial charge < -0.3 is 19.4 Å². The van der Waals surface area contributed by atoms with Crippen molar-refractivity contribution in [3.05, 3.63) is 5.89 Å². The summed E-state index contributed by atoms with van der Waals surface area (Å²) in [7, 11) is 1.97. The Bertz CT molecular complexity index is 349. The zero-order valence-corrected chi connectivity index (χ0v) is 10.6. The molecular weight excluding hydrogens is 220 g/mol. The zero-order chi connectivity index (χ0) is 12.3. The summed E-state index contributed by atoms with van der Waals surface area (Å²) in [6.07, 6.45) is 1.01. The monoisotopic (exact) mass is 240 g/mol. The van der Waals surface area contributed by atoms with Crippen molar-refractivity contribution in [1.82, 2.24) is 15.5 Å². The largest absolute Gasteiger partial charge is 0.406 e. The molecule has 0 radical (unpaired) electrons. The molecule has 2 rings (SSSR count). The van der Waals surface area contributed by atoms with Gasteiger partial charge in [0.1, 0.15) is 0 Å². The standard InChI is InChI=1S/C11H20N4O2/c1-4-12-8(2)10-13-14-11(17-10)15(3)9-5-6-16-7-9/h8-9,12H,4-7H2,1-3H3. The number of ether oxygens (including phenoxy) is 1. The normalized spacial score (nSPS) is 21.7. The third kappa shape index (κ3) is 2.76. The van der Waals surface area contributed by atoms with Crippen LogP contribution in [0.15, 0.2) is 4.42 Å². The maximum absolute atomic E-state index is 5.66. The highest BCUT2D eigenvalue weighted by Crippen LogP contribution is 2.20. The second-order valence-corrected chi connectivity index (χ2v) is 4.33. The Morgan fingerprint density at radius 1 is 1.53 bits per heavy atom. The van der Waals surface area contributed by atoms with Gasteiger partial charge in [0, 0.05) is 13.7 Å². The molecule has 1 aromatic heterocycles. The lowest BCUT2D eigenvalue weighted by Gasteiger charge is -2.20. The Labute approximate surface area is 101 Å². The minimum Gasteiger partial charge on any atom is -0.406 e. The average molecular weight is 240 g/mol. The van der Waals surface area contributed by atoms with E-state index in [2.05, 4.69) is 22.4 Å². The average Bonchev–Trinajstić information content (AvgIpc) is 3.00. The Morgan fingerprint density at radius 2 is 2.35 bits per heavy atom. The number of anilines is 1. The van der Waals surface area contributed by atoms with Crippen molar-refractivity contribution in [3.63, 3.8) is 0 Å². The van der Waals surface area contributed by atoms with Gasteiger partial charge in [-0.2, -0.15) is 0 Å². The molecule has 0 spiro atoms. The molecule has 2 unspecified atom stereocenters. The number of nitrogens with one attached hydrogen (secondary N) is 1. The highest BCUT2D eigenvalue weighted by atomic mass is 16.5. The summed E-state index contributed by atoms with van der Waals surface area (Å²) < 4.78 is 11.0. The number of rotatable bonds is 5. The first-order valence-electron chi connectivity index (χ1n) is 6.09. The molecule has 0 aromatic carbocycles. The maximum atomic E-state index is 5.66. The fourth-order valence-electron chi connectivity index (χ4n) is 1.92. The van der Waals surface area contributed by atoms with Crippen molar-refractivity contribution >= 4 is 6.01 Å². The highest BCUT2D eigenvalue weighted by Gasteiger charge is 2.24. The minimum atomic E-state index is 0.0921. The Hall–Kier alpha value is -1.14. The quantitative estimate of drug-likeness (QED) is 0.827.